The summed E-state index contributed by atoms with van der Waals surface area (Å²) in [4.78, 5) is 0. The first-order valence-electron chi connectivity index (χ1n) is 0. The van der Waals surface area contributed by atoms with E-state index in [1.54, 1.807) is 0 Å². The molecule has 40 valence electrons. The third kappa shape index (κ3) is 28.8. The van der Waals surface area contributed by atoms with Crippen molar-refractivity contribution in [1.29, 1.82) is 0 Å². The molecule has 0 radical (unpaired) electrons. The molecular formula is H6Ag2B2O. The summed E-state index contributed by atoms with van der Waals surface area (Å²) in [6.07, 6.45) is 0. The average molecular weight is 259 g/mol. The van der Waals surface area contributed by atoms with Gasteiger partial charge >= 0.3 is 44.8 Å². The molecule has 0 aliphatic heterocycles. The largest absolute Gasteiger partial charge is 2.00 e. The van der Waals surface area contributed by atoms with Gasteiger partial charge in [0.25, 0.3) is 0 Å². The summed E-state index contributed by atoms with van der Waals surface area (Å²) in [5, 5.41) is 0. The van der Waals surface area contributed by atoms with E-state index in [4.69, 9.17) is 0 Å². The Hall–Kier alpha value is 1.57. The van der Waals surface area contributed by atoms with Crippen molar-refractivity contribution < 1.29 is 50.2 Å². The van der Waals surface area contributed by atoms with Gasteiger partial charge in [0.2, 0.25) is 0 Å². The third-order valence-corrected chi connectivity index (χ3v) is 0. The molecule has 0 fully saturated rings. The van der Waals surface area contributed by atoms with Crippen LogP contribution in [0, 0.1) is 0 Å². The van der Waals surface area contributed by atoms with Gasteiger partial charge in [-0.25, -0.2) is 0 Å². The monoisotopic (exact) mass is 258 g/mol. The topological polar surface area (TPSA) is 28.5 Å². The van der Waals surface area contributed by atoms with Gasteiger partial charge < -0.3 is 5.48 Å². The van der Waals surface area contributed by atoms with Crippen LogP contribution in [0.4, 0.5) is 0 Å². The molecule has 0 saturated carbocycles. The molecule has 0 bridgehead atoms. The zero-order valence-corrected chi connectivity index (χ0v) is 3.98. The second-order valence-corrected chi connectivity index (χ2v) is 0. The molecule has 0 spiro atoms. The van der Waals surface area contributed by atoms with Crippen molar-refractivity contribution >= 4 is 16.8 Å². The van der Waals surface area contributed by atoms with Crippen molar-refractivity contribution in [2.45, 2.75) is 0 Å². The Balaban J connectivity index is 0. The van der Waals surface area contributed by atoms with Crippen LogP contribution >= 0.6 is 0 Å². The summed E-state index contributed by atoms with van der Waals surface area (Å²) in [6.45, 7) is 0. The SMILES string of the molecule is B.B.[Ag+].[Ag+].[O-2]. The van der Waals surface area contributed by atoms with Crippen LogP contribution in [0.25, 0.3) is 0 Å². The van der Waals surface area contributed by atoms with E-state index in [-0.39, 0.29) is 67.1 Å². The van der Waals surface area contributed by atoms with Gasteiger partial charge in [-0.2, -0.15) is 0 Å². The van der Waals surface area contributed by atoms with Crippen LogP contribution in [0.15, 0.2) is 0 Å². The number of rotatable bonds is 0. The molecule has 1 nitrogen and oxygen atoms in total. The molecule has 0 aromatic rings. The van der Waals surface area contributed by atoms with Gasteiger partial charge in [0, 0.05) is 0 Å². The fourth-order valence-corrected chi connectivity index (χ4v) is 0. The number of hydrogen-bond acceptors (Lipinski definition) is 0. The maximum atomic E-state index is 0. The van der Waals surface area contributed by atoms with E-state index in [1.807, 2.05) is 0 Å². The minimum atomic E-state index is 0. The van der Waals surface area contributed by atoms with E-state index < -0.39 is 0 Å². The summed E-state index contributed by atoms with van der Waals surface area (Å²) in [5.74, 6) is 0. The molecule has 0 aromatic heterocycles. The summed E-state index contributed by atoms with van der Waals surface area (Å²) in [7, 11) is 0. The van der Waals surface area contributed by atoms with Crippen LogP contribution in [0.5, 0.6) is 0 Å². The van der Waals surface area contributed by atoms with E-state index in [2.05, 4.69) is 0 Å². The van der Waals surface area contributed by atoms with Crippen molar-refractivity contribution in [1.82, 2.24) is 0 Å². The van der Waals surface area contributed by atoms with Crippen LogP contribution in [0.1, 0.15) is 0 Å². The standard InChI is InChI=1S/2Ag.2BH3.O/h;;2*1H3;/q2*+1;;;-2. The number of hydrogen-bond donors (Lipinski definition) is 0. The van der Waals surface area contributed by atoms with Gasteiger partial charge in [0.1, 0.15) is 0 Å². The first-order chi connectivity index (χ1) is 0. The molecule has 5 heavy (non-hydrogen) atoms. The Kier molecular flexibility index (Phi) is 780. The van der Waals surface area contributed by atoms with Gasteiger partial charge in [-0.3, -0.25) is 0 Å². The van der Waals surface area contributed by atoms with Crippen LogP contribution in [-0.4, -0.2) is 16.8 Å². The summed E-state index contributed by atoms with van der Waals surface area (Å²) in [5.41, 5.74) is 0. The zero-order valence-electron chi connectivity index (χ0n) is 1.01. The molecule has 0 amide bonds. The second kappa shape index (κ2) is 47.2. The summed E-state index contributed by atoms with van der Waals surface area (Å²) in [6, 6.07) is 0. The molecule has 0 atom stereocenters. The third-order valence-electron chi connectivity index (χ3n) is 0. The van der Waals surface area contributed by atoms with E-state index in [9.17, 15) is 0 Å². The fraction of sp³-hybridized carbons (Fsp3) is 0. The maximum Gasteiger partial charge on any atom is 1.00 e. The minimum absolute atomic E-state index is 0. The van der Waals surface area contributed by atoms with Crippen molar-refractivity contribution in [3.63, 3.8) is 0 Å². The Morgan fingerprint density at radius 3 is 0.600 bits per heavy atom. The van der Waals surface area contributed by atoms with E-state index in [0.717, 1.165) is 0 Å². The van der Waals surface area contributed by atoms with Gasteiger partial charge in [0.05, 0.1) is 16.8 Å². The second-order valence-electron chi connectivity index (χ2n) is 0. The fourth-order valence-electron chi connectivity index (χ4n) is 0. The smallest absolute Gasteiger partial charge is 1.00 e. The van der Waals surface area contributed by atoms with Gasteiger partial charge in [-0.1, -0.05) is 0 Å². The predicted molar refractivity (Wildman–Crippen MR) is 20.6 cm³/mol. The Morgan fingerprint density at radius 1 is 0.600 bits per heavy atom. The van der Waals surface area contributed by atoms with Crippen LogP contribution in [-0.2, 0) is 50.2 Å². The molecule has 0 unspecified atom stereocenters. The van der Waals surface area contributed by atoms with Crippen molar-refractivity contribution in [3.8, 4) is 0 Å². The normalized spacial score (nSPS) is 0. The molecule has 0 aliphatic rings. The molecule has 0 aromatic carbocycles. The van der Waals surface area contributed by atoms with Crippen LogP contribution in [0.2, 0.25) is 0 Å². The molecule has 0 saturated heterocycles. The Morgan fingerprint density at radius 2 is 0.600 bits per heavy atom. The Bertz CT molecular complexity index is 7.61. The van der Waals surface area contributed by atoms with E-state index >= 15 is 0 Å². The molecule has 0 aliphatic carbocycles. The zero-order chi connectivity index (χ0) is 0. The van der Waals surface area contributed by atoms with Crippen LogP contribution in [0.3, 0.4) is 0 Å². The van der Waals surface area contributed by atoms with Crippen molar-refractivity contribution in [3.05, 3.63) is 0 Å². The quantitative estimate of drug-likeness (QED) is 0.431. The molecular weight excluding hydrogens is 253 g/mol. The first-order valence-corrected chi connectivity index (χ1v) is 0. The van der Waals surface area contributed by atoms with E-state index in [1.165, 1.54) is 0 Å². The molecule has 0 N–H and O–H groups in total. The van der Waals surface area contributed by atoms with Gasteiger partial charge in [-0.15, -0.1) is 0 Å². The van der Waals surface area contributed by atoms with Crippen molar-refractivity contribution in [2.75, 3.05) is 0 Å². The summed E-state index contributed by atoms with van der Waals surface area (Å²) < 4.78 is 0. The average Bonchev–Trinajstić information content (AvgIpc) is 0. The van der Waals surface area contributed by atoms with E-state index in [0.29, 0.717) is 0 Å². The maximum absolute atomic E-state index is 0. The van der Waals surface area contributed by atoms with Gasteiger partial charge in [0.15, 0.2) is 0 Å². The molecule has 0 heterocycles. The molecule has 5 heteroatoms. The van der Waals surface area contributed by atoms with Gasteiger partial charge in [-0.05, 0) is 0 Å². The first kappa shape index (κ1) is 82.7. The molecule has 0 rings (SSSR count). The summed E-state index contributed by atoms with van der Waals surface area (Å²) >= 11 is 0. The van der Waals surface area contributed by atoms with Crippen LogP contribution < -0.4 is 0 Å². The predicted octanol–water partition coefficient (Wildman–Crippen LogP) is -2.49. The van der Waals surface area contributed by atoms with Crippen molar-refractivity contribution in [2.24, 2.45) is 0 Å². The minimum Gasteiger partial charge on any atom is -2.00 e. The Labute approximate surface area is 66.8 Å².